The molecule has 0 aliphatic carbocycles. The van der Waals surface area contributed by atoms with Crippen LogP contribution in [0.5, 0.6) is 11.5 Å². The lowest BCUT2D eigenvalue weighted by Gasteiger charge is -2.12. The topological polar surface area (TPSA) is 67.9 Å². The molecule has 1 N–H and O–H groups in total. The fraction of sp³-hybridized carbons (Fsp3) is 0.300. The lowest BCUT2D eigenvalue weighted by molar-refractivity contribution is -0.118. The highest BCUT2D eigenvalue weighted by atomic mass is 16.5. The summed E-state index contributed by atoms with van der Waals surface area (Å²) in [5.41, 5.74) is 1.06. The van der Waals surface area contributed by atoms with Gasteiger partial charge < -0.3 is 19.7 Å². The molecule has 2 rings (SSSR count). The third kappa shape index (κ3) is 5.81. The van der Waals surface area contributed by atoms with E-state index in [1.54, 1.807) is 62.6 Å². The summed E-state index contributed by atoms with van der Waals surface area (Å²) in [6.07, 6.45) is 0.944. The van der Waals surface area contributed by atoms with Crippen molar-refractivity contribution in [3.8, 4) is 11.5 Å². The SMILES string of the molecule is CCCOc1ccc(OCC(=O)Nc2cccc(C(=O)N(C)C)c2)cc1. The van der Waals surface area contributed by atoms with Crippen LogP contribution in [-0.2, 0) is 4.79 Å². The molecule has 0 aliphatic rings. The number of carbonyl (C=O) groups is 2. The molecule has 6 heteroatoms. The summed E-state index contributed by atoms with van der Waals surface area (Å²) in [6.45, 7) is 2.58. The van der Waals surface area contributed by atoms with Crippen LogP contribution in [0.1, 0.15) is 23.7 Å². The number of benzene rings is 2. The second-order valence-corrected chi connectivity index (χ2v) is 5.94. The molecule has 0 spiro atoms. The van der Waals surface area contributed by atoms with E-state index in [9.17, 15) is 9.59 Å². The highest BCUT2D eigenvalue weighted by molar-refractivity contribution is 5.97. The zero-order valence-corrected chi connectivity index (χ0v) is 15.3. The Balaban J connectivity index is 1.87. The molecule has 6 nitrogen and oxygen atoms in total. The van der Waals surface area contributed by atoms with Crippen LogP contribution in [0.2, 0.25) is 0 Å². The van der Waals surface area contributed by atoms with Crippen LogP contribution in [0.4, 0.5) is 5.69 Å². The predicted molar refractivity (Wildman–Crippen MR) is 101 cm³/mol. The zero-order valence-electron chi connectivity index (χ0n) is 15.3. The Bertz CT molecular complexity index is 742. The van der Waals surface area contributed by atoms with Gasteiger partial charge in [0.25, 0.3) is 11.8 Å². The monoisotopic (exact) mass is 356 g/mol. The molecule has 2 amide bonds. The van der Waals surface area contributed by atoms with Crippen molar-refractivity contribution in [1.29, 1.82) is 0 Å². The van der Waals surface area contributed by atoms with Crippen LogP contribution in [0.15, 0.2) is 48.5 Å². The van der Waals surface area contributed by atoms with Gasteiger partial charge >= 0.3 is 0 Å². The first-order valence-electron chi connectivity index (χ1n) is 8.47. The van der Waals surface area contributed by atoms with E-state index in [1.165, 1.54) is 4.90 Å². The molecule has 0 heterocycles. The van der Waals surface area contributed by atoms with Crippen LogP contribution in [0.3, 0.4) is 0 Å². The lowest BCUT2D eigenvalue weighted by Crippen LogP contribution is -2.23. The minimum atomic E-state index is -0.300. The van der Waals surface area contributed by atoms with Gasteiger partial charge in [0, 0.05) is 25.3 Å². The van der Waals surface area contributed by atoms with Crippen molar-refractivity contribution in [2.75, 3.05) is 32.6 Å². The molecule has 0 fully saturated rings. The highest BCUT2D eigenvalue weighted by Crippen LogP contribution is 2.18. The summed E-state index contributed by atoms with van der Waals surface area (Å²) in [7, 11) is 3.36. The van der Waals surface area contributed by atoms with Crippen molar-refractivity contribution in [1.82, 2.24) is 4.90 Å². The normalized spacial score (nSPS) is 10.1. The molecular weight excluding hydrogens is 332 g/mol. The molecule has 0 aromatic heterocycles. The number of amides is 2. The molecule has 0 unspecified atom stereocenters. The van der Waals surface area contributed by atoms with Gasteiger partial charge in [-0.1, -0.05) is 13.0 Å². The number of anilines is 1. The van der Waals surface area contributed by atoms with Gasteiger partial charge in [-0.05, 0) is 48.9 Å². The average Bonchev–Trinajstić information content (AvgIpc) is 2.65. The van der Waals surface area contributed by atoms with E-state index >= 15 is 0 Å². The van der Waals surface area contributed by atoms with E-state index in [0.717, 1.165) is 12.2 Å². The van der Waals surface area contributed by atoms with Gasteiger partial charge in [0.1, 0.15) is 11.5 Å². The second kappa shape index (κ2) is 9.46. The second-order valence-electron chi connectivity index (χ2n) is 5.94. The summed E-state index contributed by atoms with van der Waals surface area (Å²) in [5.74, 6) is 0.931. The number of hydrogen-bond donors (Lipinski definition) is 1. The predicted octanol–water partition coefficient (Wildman–Crippen LogP) is 3.19. The fourth-order valence-corrected chi connectivity index (χ4v) is 2.19. The van der Waals surface area contributed by atoms with Crippen LogP contribution < -0.4 is 14.8 Å². The third-order valence-electron chi connectivity index (χ3n) is 3.47. The number of ether oxygens (including phenoxy) is 2. The average molecular weight is 356 g/mol. The smallest absolute Gasteiger partial charge is 0.262 e. The summed E-state index contributed by atoms with van der Waals surface area (Å²) in [4.78, 5) is 25.5. The summed E-state index contributed by atoms with van der Waals surface area (Å²) < 4.78 is 11.0. The van der Waals surface area contributed by atoms with Gasteiger partial charge in [0.15, 0.2) is 6.61 Å². The Morgan fingerprint density at radius 3 is 2.27 bits per heavy atom. The van der Waals surface area contributed by atoms with Crippen molar-refractivity contribution >= 4 is 17.5 Å². The molecule has 0 atom stereocenters. The molecule has 0 radical (unpaired) electrons. The van der Waals surface area contributed by atoms with E-state index < -0.39 is 0 Å². The van der Waals surface area contributed by atoms with E-state index in [4.69, 9.17) is 9.47 Å². The van der Waals surface area contributed by atoms with Gasteiger partial charge in [0.05, 0.1) is 6.61 Å². The maximum atomic E-state index is 12.1. The van der Waals surface area contributed by atoms with Crippen molar-refractivity contribution in [3.05, 3.63) is 54.1 Å². The van der Waals surface area contributed by atoms with Gasteiger partial charge in [0.2, 0.25) is 0 Å². The standard InChI is InChI=1S/C20H24N2O4/c1-4-12-25-17-8-10-18(11-9-17)26-14-19(23)21-16-7-5-6-15(13-16)20(24)22(2)3/h5-11,13H,4,12,14H2,1-3H3,(H,21,23). The maximum Gasteiger partial charge on any atom is 0.262 e. The first-order valence-corrected chi connectivity index (χ1v) is 8.47. The van der Waals surface area contributed by atoms with E-state index in [-0.39, 0.29) is 18.4 Å². The highest BCUT2D eigenvalue weighted by Gasteiger charge is 2.10. The lowest BCUT2D eigenvalue weighted by atomic mass is 10.2. The number of nitrogens with one attached hydrogen (secondary N) is 1. The molecule has 0 bridgehead atoms. The molecular formula is C20H24N2O4. The van der Waals surface area contributed by atoms with Crippen molar-refractivity contribution in [2.45, 2.75) is 13.3 Å². The van der Waals surface area contributed by atoms with Gasteiger partial charge in [-0.25, -0.2) is 0 Å². The molecule has 26 heavy (non-hydrogen) atoms. The molecule has 0 saturated carbocycles. The maximum absolute atomic E-state index is 12.1. The Labute approximate surface area is 153 Å². The first kappa shape index (κ1) is 19.3. The largest absolute Gasteiger partial charge is 0.494 e. The first-order chi connectivity index (χ1) is 12.5. The number of hydrogen-bond acceptors (Lipinski definition) is 4. The van der Waals surface area contributed by atoms with Crippen LogP contribution in [0.25, 0.3) is 0 Å². The number of rotatable bonds is 8. The molecule has 2 aromatic carbocycles. The van der Waals surface area contributed by atoms with E-state index in [1.807, 2.05) is 6.92 Å². The van der Waals surface area contributed by atoms with E-state index in [0.29, 0.717) is 23.6 Å². The third-order valence-corrected chi connectivity index (χ3v) is 3.47. The molecule has 0 saturated heterocycles. The Morgan fingerprint density at radius 1 is 1.00 bits per heavy atom. The summed E-state index contributed by atoms with van der Waals surface area (Å²) >= 11 is 0. The Hall–Kier alpha value is -3.02. The number of carbonyl (C=O) groups excluding carboxylic acids is 2. The van der Waals surface area contributed by atoms with Crippen molar-refractivity contribution in [3.63, 3.8) is 0 Å². The Kier molecular flexibility index (Phi) is 7.02. The minimum absolute atomic E-state index is 0.122. The number of nitrogens with zero attached hydrogens (tertiary/aromatic N) is 1. The summed E-state index contributed by atoms with van der Waals surface area (Å²) in [5, 5.41) is 2.73. The van der Waals surface area contributed by atoms with Gasteiger partial charge in [-0.15, -0.1) is 0 Å². The van der Waals surface area contributed by atoms with Crippen molar-refractivity contribution in [2.24, 2.45) is 0 Å². The molecule has 0 aliphatic heterocycles. The van der Waals surface area contributed by atoms with Crippen LogP contribution >= 0.6 is 0 Å². The van der Waals surface area contributed by atoms with Crippen LogP contribution in [0, 0.1) is 0 Å². The Morgan fingerprint density at radius 2 is 1.65 bits per heavy atom. The quantitative estimate of drug-likeness (QED) is 0.789. The molecule has 2 aromatic rings. The molecule has 138 valence electrons. The van der Waals surface area contributed by atoms with Crippen LogP contribution in [-0.4, -0.2) is 44.0 Å². The van der Waals surface area contributed by atoms with Gasteiger partial charge in [-0.2, -0.15) is 0 Å². The fourth-order valence-electron chi connectivity index (χ4n) is 2.19. The summed E-state index contributed by atoms with van der Waals surface area (Å²) in [6, 6.07) is 13.9. The minimum Gasteiger partial charge on any atom is -0.494 e. The van der Waals surface area contributed by atoms with Gasteiger partial charge in [-0.3, -0.25) is 9.59 Å². The van der Waals surface area contributed by atoms with Crippen molar-refractivity contribution < 1.29 is 19.1 Å². The zero-order chi connectivity index (χ0) is 18.9. The van der Waals surface area contributed by atoms with E-state index in [2.05, 4.69) is 5.32 Å².